The maximum absolute atomic E-state index is 11.0. The fourth-order valence-corrected chi connectivity index (χ4v) is 4.13. The van der Waals surface area contributed by atoms with Crippen LogP contribution in [0.4, 0.5) is 0 Å². The average molecular weight is 302 g/mol. The Morgan fingerprint density at radius 3 is 1.95 bits per heavy atom. The summed E-state index contributed by atoms with van der Waals surface area (Å²) >= 11 is 0. The van der Waals surface area contributed by atoms with E-state index in [2.05, 4.69) is 18.7 Å². The van der Waals surface area contributed by atoms with E-state index in [-0.39, 0.29) is 0 Å². The maximum atomic E-state index is 11.0. The second kappa shape index (κ2) is 9.66. The zero-order valence-electron chi connectivity index (χ0n) is 13.7. The first kappa shape index (κ1) is 17.1. The lowest BCUT2D eigenvalue weighted by atomic mass is 9.69. The molecule has 0 unspecified atom stereocenters. The quantitative estimate of drug-likeness (QED) is 0.278. The van der Waals surface area contributed by atoms with Crippen LogP contribution >= 0.6 is 0 Å². The molecule has 2 aliphatic carbocycles. The fraction of sp³-hybridized carbons (Fsp3) is 0.650. The smallest absolute Gasteiger partial charge is 0.334 e. The van der Waals surface area contributed by atoms with Gasteiger partial charge in [-0.15, -0.1) is 0 Å². The van der Waals surface area contributed by atoms with Crippen LogP contribution in [0.1, 0.15) is 64.2 Å². The van der Waals surface area contributed by atoms with E-state index >= 15 is 0 Å². The largest absolute Gasteiger partial charge is 0.431 e. The number of allylic oxidation sites excluding steroid dienone is 3. The van der Waals surface area contributed by atoms with Crippen molar-refractivity contribution in [2.75, 3.05) is 0 Å². The van der Waals surface area contributed by atoms with E-state index in [4.69, 9.17) is 4.74 Å². The lowest BCUT2D eigenvalue weighted by molar-refractivity contribution is -0.132. The van der Waals surface area contributed by atoms with Crippen molar-refractivity contribution >= 4 is 5.97 Å². The van der Waals surface area contributed by atoms with Crippen LogP contribution in [-0.4, -0.2) is 5.97 Å². The molecule has 122 valence electrons. The average Bonchev–Trinajstić information content (AvgIpc) is 2.59. The van der Waals surface area contributed by atoms with Crippen molar-refractivity contribution in [2.45, 2.75) is 64.2 Å². The molecule has 2 aliphatic rings. The van der Waals surface area contributed by atoms with E-state index in [1.54, 1.807) is 0 Å². The Hall–Kier alpha value is -1.31. The molecule has 0 aliphatic heterocycles. The Labute approximate surface area is 135 Å². The maximum Gasteiger partial charge on any atom is 0.334 e. The monoisotopic (exact) mass is 302 g/mol. The normalized spacial score (nSPS) is 21.7. The molecule has 2 nitrogen and oxygen atoms in total. The molecule has 0 atom stereocenters. The van der Waals surface area contributed by atoms with Gasteiger partial charge in [-0.1, -0.05) is 57.3 Å². The second-order valence-electron chi connectivity index (χ2n) is 6.73. The Morgan fingerprint density at radius 2 is 1.45 bits per heavy atom. The van der Waals surface area contributed by atoms with Crippen molar-refractivity contribution in [3.05, 3.63) is 37.1 Å². The van der Waals surface area contributed by atoms with Crippen LogP contribution in [0.15, 0.2) is 37.1 Å². The van der Waals surface area contributed by atoms with Gasteiger partial charge in [-0.25, -0.2) is 4.79 Å². The van der Waals surface area contributed by atoms with Crippen LogP contribution in [0.5, 0.6) is 0 Å². The first-order chi connectivity index (χ1) is 10.8. The van der Waals surface area contributed by atoms with Gasteiger partial charge in [0.25, 0.3) is 0 Å². The van der Waals surface area contributed by atoms with Gasteiger partial charge in [0.2, 0.25) is 0 Å². The number of carbonyl (C=O) groups excluding carboxylic acids is 1. The Morgan fingerprint density at radius 1 is 0.909 bits per heavy atom. The Balaban J connectivity index is 1.93. The third-order valence-corrected chi connectivity index (χ3v) is 5.26. The van der Waals surface area contributed by atoms with Crippen molar-refractivity contribution in [3.8, 4) is 0 Å². The molecule has 2 fully saturated rings. The molecule has 0 amide bonds. The minimum absolute atomic E-state index is 0.402. The summed E-state index contributed by atoms with van der Waals surface area (Å²) in [4.78, 5) is 11.0. The Bertz CT molecular complexity index is 378. The summed E-state index contributed by atoms with van der Waals surface area (Å²) in [6.07, 6.45) is 22.9. The van der Waals surface area contributed by atoms with Gasteiger partial charge in [-0.3, -0.25) is 0 Å². The van der Waals surface area contributed by atoms with E-state index < -0.39 is 5.97 Å². The molecule has 0 bridgehead atoms. The van der Waals surface area contributed by atoms with Gasteiger partial charge < -0.3 is 4.74 Å². The highest BCUT2D eigenvalue weighted by Crippen LogP contribution is 2.40. The van der Waals surface area contributed by atoms with Crippen LogP contribution in [-0.2, 0) is 9.53 Å². The number of carbonyl (C=O) groups is 1. The number of rotatable bonds is 6. The van der Waals surface area contributed by atoms with Gasteiger partial charge in [-0.2, -0.15) is 0 Å². The van der Waals surface area contributed by atoms with Gasteiger partial charge in [0.1, 0.15) is 0 Å². The highest BCUT2D eigenvalue weighted by Gasteiger charge is 2.29. The number of esters is 1. The molecular formula is C20H30O2. The van der Waals surface area contributed by atoms with Gasteiger partial charge in [0, 0.05) is 6.08 Å². The van der Waals surface area contributed by atoms with E-state index in [1.807, 2.05) is 6.08 Å². The molecule has 0 N–H and O–H groups in total. The lowest BCUT2D eigenvalue weighted by Crippen LogP contribution is -2.25. The molecule has 0 radical (unpaired) electrons. The first-order valence-electron chi connectivity index (χ1n) is 8.97. The van der Waals surface area contributed by atoms with Crippen LogP contribution in [0.2, 0.25) is 0 Å². The number of ether oxygens (including phenoxy) is 1. The summed E-state index contributed by atoms with van der Waals surface area (Å²) in [6, 6.07) is 0. The molecule has 2 rings (SSSR count). The summed E-state index contributed by atoms with van der Waals surface area (Å²) < 4.78 is 4.88. The van der Waals surface area contributed by atoms with Gasteiger partial charge >= 0.3 is 5.97 Å². The van der Waals surface area contributed by atoms with Crippen LogP contribution in [0.3, 0.4) is 0 Å². The first-order valence-corrected chi connectivity index (χ1v) is 8.97. The number of hydrogen-bond acceptors (Lipinski definition) is 2. The summed E-state index contributed by atoms with van der Waals surface area (Å²) in [5.41, 5.74) is 0. The summed E-state index contributed by atoms with van der Waals surface area (Å²) in [5, 5.41) is 0. The highest BCUT2D eigenvalue weighted by molar-refractivity contribution is 5.81. The van der Waals surface area contributed by atoms with Gasteiger partial charge in [0.05, 0.1) is 6.26 Å². The Kier molecular flexibility index (Phi) is 7.48. The summed E-state index contributed by atoms with van der Waals surface area (Å²) in [6.45, 7) is 3.38. The molecule has 0 aromatic heterocycles. The molecule has 2 saturated carbocycles. The van der Waals surface area contributed by atoms with Crippen molar-refractivity contribution in [3.63, 3.8) is 0 Å². The van der Waals surface area contributed by atoms with E-state index in [0.717, 1.165) is 11.8 Å². The van der Waals surface area contributed by atoms with E-state index in [1.165, 1.54) is 76.5 Å². The topological polar surface area (TPSA) is 26.3 Å². The molecular weight excluding hydrogens is 272 g/mol. The molecule has 22 heavy (non-hydrogen) atoms. The van der Waals surface area contributed by atoms with Gasteiger partial charge in [0.15, 0.2) is 0 Å². The van der Waals surface area contributed by atoms with Crippen molar-refractivity contribution in [1.82, 2.24) is 0 Å². The predicted molar refractivity (Wildman–Crippen MR) is 91.2 cm³/mol. The molecule has 0 aromatic carbocycles. The molecule has 0 aromatic rings. The zero-order valence-corrected chi connectivity index (χ0v) is 13.7. The zero-order chi connectivity index (χ0) is 15.6. The second-order valence-corrected chi connectivity index (χ2v) is 6.73. The third-order valence-electron chi connectivity index (χ3n) is 5.26. The third kappa shape index (κ3) is 5.47. The predicted octanol–water partition coefficient (Wildman–Crippen LogP) is 5.56. The molecule has 0 heterocycles. The van der Waals surface area contributed by atoms with Crippen LogP contribution in [0.25, 0.3) is 0 Å². The minimum Gasteiger partial charge on any atom is -0.431 e. The van der Waals surface area contributed by atoms with E-state index in [0.29, 0.717) is 5.92 Å². The highest BCUT2D eigenvalue weighted by atomic mass is 16.5. The SMILES string of the molecule is C=CC(=O)OC=CC=CC(C1CCCCC1)C1CCCCC1. The standard InChI is InChI=1S/C20H30O2/c1-2-20(21)22-16-10-9-15-19(17-11-5-3-6-12-17)18-13-7-4-8-14-18/h2,9-10,15-19H,1,3-8,11-14H2. The molecule has 0 spiro atoms. The fourth-order valence-electron chi connectivity index (χ4n) is 4.13. The van der Waals surface area contributed by atoms with Crippen molar-refractivity contribution in [2.24, 2.45) is 17.8 Å². The molecule has 0 saturated heterocycles. The van der Waals surface area contributed by atoms with Crippen molar-refractivity contribution in [1.29, 1.82) is 0 Å². The van der Waals surface area contributed by atoms with E-state index in [9.17, 15) is 4.79 Å². The van der Waals surface area contributed by atoms with Crippen LogP contribution < -0.4 is 0 Å². The van der Waals surface area contributed by atoms with Gasteiger partial charge in [-0.05, 0) is 49.5 Å². The lowest BCUT2D eigenvalue weighted by Gasteiger charge is -2.36. The number of hydrogen-bond donors (Lipinski definition) is 0. The van der Waals surface area contributed by atoms with Crippen molar-refractivity contribution < 1.29 is 9.53 Å². The summed E-state index contributed by atoms with van der Waals surface area (Å²) in [5.74, 6) is 2.02. The summed E-state index contributed by atoms with van der Waals surface area (Å²) in [7, 11) is 0. The molecule has 2 heteroatoms. The van der Waals surface area contributed by atoms with Crippen LogP contribution in [0, 0.1) is 17.8 Å². The minimum atomic E-state index is -0.402.